The Morgan fingerprint density at radius 1 is 1.39 bits per heavy atom. The average molecular weight is 258 g/mol. The highest BCUT2D eigenvalue weighted by atomic mass is 16.5. The fraction of sp³-hybridized carbons (Fsp3) is 0.833. The molecule has 0 unspecified atom stereocenters. The molecule has 0 spiro atoms. The molecule has 6 nitrogen and oxygen atoms in total. The predicted molar refractivity (Wildman–Crippen MR) is 66.5 cm³/mol. The second kappa shape index (κ2) is 6.58. The number of rotatable bonds is 7. The molecule has 1 aliphatic rings. The molecule has 2 amide bonds. The fourth-order valence-electron chi connectivity index (χ4n) is 1.63. The standard InChI is InChI=1S/C12H22N2O4/c1-9(2)18-7-6-13(3)12(17)14(8-11(15)16)10-4-5-10/h9-10H,4-8H2,1-3H3,(H,15,16). The summed E-state index contributed by atoms with van der Waals surface area (Å²) >= 11 is 0. The minimum atomic E-state index is -0.970. The Kier molecular flexibility index (Phi) is 5.40. The number of urea groups is 1. The van der Waals surface area contributed by atoms with Crippen LogP contribution in [-0.2, 0) is 9.53 Å². The topological polar surface area (TPSA) is 70.1 Å². The van der Waals surface area contributed by atoms with Gasteiger partial charge in [0.05, 0.1) is 12.7 Å². The third-order valence-electron chi connectivity index (χ3n) is 2.74. The third-order valence-corrected chi connectivity index (χ3v) is 2.74. The number of likely N-dealkylation sites (N-methyl/N-ethyl adjacent to an activating group) is 1. The van der Waals surface area contributed by atoms with Crippen molar-refractivity contribution in [1.82, 2.24) is 9.80 Å². The van der Waals surface area contributed by atoms with Crippen molar-refractivity contribution in [2.45, 2.75) is 38.8 Å². The maximum atomic E-state index is 12.1. The number of nitrogens with zero attached hydrogens (tertiary/aromatic N) is 2. The number of carbonyl (C=O) groups excluding carboxylic acids is 1. The van der Waals surface area contributed by atoms with E-state index in [9.17, 15) is 9.59 Å². The summed E-state index contributed by atoms with van der Waals surface area (Å²) in [5.74, 6) is -0.970. The monoisotopic (exact) mass is 258 g/mol. The van der Waals surface area contributed by atoms with Crippen molar-refractivity contribution in [2.24, 2.45) is 0 Å². The number of hydrogen-bond donors (Lipinski definition) is 1. The van der Waals surface area contributed by atoms with Crippen LogP contribution in [0.25, 0.3) is 0 Å². The first-order chi connectivity index (χ1) is 8.41. The van der Waals surface area contributed by atoms with Crippen molar-refractivity contribution in [2.75, 3.05) is 26.7 Å². The first-order valence-electron chi connectivity index (χ1n) is 6.27. The summed E-state index contributed by atoms with van der Waals surface area (Å²) < 4.78 is 5.37. The van der Waals surface area contributed by atoms with Crippen molar-refractivity contribution in [3.8, 4) is 0 Å². The number of amides is 2. The SMILES string of the molecule is CC(C)OCCN(C)C(=O)N(CC(=O)O)C1CC1. The maximum absolute atomic E-state index is 12.1. The molecule has 0 saturated heterocycles. The van der Waals surface area contributed by atoms with E-state index >= 15 is 0 Å². The van der Waals surface area contributed by atoms with Crippen molar-refractivity contribution >= 4 is 12.0 Å². The number of aliphatic carboxylic acids is 1. The highest BCUT2D eigenvalue weighted by Crippen LogP contribution is 2.27. The zero-order valence-electron chi connectivity index (χ0n) is 11.3. The normalized spacial score (nSPS) is 14.7. The molecule has 1 saturated carbocycles. The van der Waals surface area contributed by atoms with Crippen LogP contribution in [-0.4, -0.2) is 65.8 Å². The molecule has 0 heterocycles. The zero-order valence-corrected chi connectivity index (χ0v) is 11.3. The van der Waals surface area contributed by atoms with Gasteiger partial charge in [0.15, 0.2) is 0 Å². The van der Waals surface area contributed by atoms with E-state index in [1.165, 1.54) is 9.80 Å². The second-order valence-corrected chi connectivity index (χ2v) is 4.88. The summed E-state index contributed by atoms with van der Waals surface area (Å²) in [6.07, 6.45) is 1.93. The molecule has 0 aromatic rings. The highest BCUT2D eigenvalue weighted by molar-refractivity contribution is 5.80. The van der Waals surface area contributed by atoms with Crippen LogP contribution in [0.5, 0.6) is 0 Å². The lowest BCUT2D eigenvalue weighted by Crippen LogP contribution is -2.46. The van der Waals surface area contributed by atoms with E-state index in [1.54, 1.807) is 7.05 Å². The van der Waals surface area contributed by atoms with E-state index in [0.29, 0.717) is 13.2 Å². The molecule has 104 valence electrons. The Balaban J connectivity index is 2.41. The summed E-state index contributed by atoms with van der Waals surface area (Å²) in [4.78, 5) is 25.7. The molecule has 18 heavy (non-hydrogen) atoms. The quantitative estimate of drug-likeness (QED) is 0.740. The molecule has 0 radical (unpaired) electrons. The Morgan fingerprint density at radius 3 is 2.44 bits per heavy atom. The smallest absolute Gasteiger partial charge is 0.323 e. The number of carboxylic acids is 1. The molecule has 0 aromatic carbocycles. The van der Waals surface area contributed by atoms with Crippen molar-refractivity contribution in [1.29, 1.82) is 0 Å². The van der Waals surface area contributed by atoms with Gasteiger partial charge in [-0.25, -0.2) is 4.79 Å². The van der Waals surface area contributed by atoms with E-state index < -0.39 is 5.97 Å². The van der Waals surface area contributed by atoms with Crippen LogP contribution in [0.3, 0.4) is 0 Å². The minimum Gasteiger partial charge on any atom is -0.480 e. The lowest BCUT2D eigenvalue weighted by atomic mass is 10.4. The van der Waals surface area contributed by atoms with Crippen molar-refractivity contribution in [3.63, 3.8) is 0 Å². The second-order valence-electron chi connectivity index (χ2n) is 4.88. The first-order valence-corrected chi connectivity index (χ1v) is 6.27. The summed E-state index contributed by atoms with van der Waals surface area (Å²) in [6, 6.07) is -0.130. The van der Waals surface area contributed by atoms with Gasteiger partial charge in [0.2, 0.25) is 0 Å². The summed E-state index contributed by atoms with van der Waals surface area (Å²) in [6.45, 7) is 4.58. The van der Waals surface area contributed by atoms with Gasteiger partial charge in [-0.15, -0.1) is 0 Å². The Morgan fingerprint density at radius 2 is 2.00 bits per heavy atom. The number of hydrogen-bond acceptors (Lipinski definition) is 3. The number of carbonyl (C=O) groups is 2. The van der Waals surface area contributed by atoms with Gasteiger partial charge < -0.3 is 19.6 Å². The molecule has 1 rings (SSSR count). The fourth-order valence-corrected chi connectivity index (χ4v) is 1.63. The molecule has 6 heteroatoms. The van der Waals surface area contributed by atoms with E-state index in [2.05, 4.69) is 0 Å². The zero-order chi connectivity index (χ0) is 13.7. The van der Waals surface area contributed by atoms with Crippen LogP contribution in [0.2, 0.25) is 0 Å². The van der Waals surface area contributed by atoms with Crippen LogP contribution < -0.4 is 0 Å². The average Bonchev–Trinajstić information content (AvgIpc) is 3.07. The lowest BCUT2D eigenvalue weighted by molar-refractivity contribution is -0.137. The molecule has 1 fully saturated rings. The van der Waals surface area contributed by atoms with Crippen LogP contribution in [0.1, 0.15) is 26.7 Å². The van der Waals surface area contributed by atoms with Gasteiger partial charge in [-0.2, -0.15) is 0 Å². The Bertz CT molecular complexity index is 302. The van der Waals surface area contributed by atoms with Gasteiger partial charge >= 0.3 is 12.0 Å². The number of ether oxygens (including phenoxy) is 1. The summed E-state index contributed by atoms with van der Waals surface area (Å²) in [7, 11) is 1.67. The van der Waals surface area contributed by atoms with Gasteiger partial charge in [-0.05, 0) is 26.7 Å². The number of carboxylic acid groups (broad SMARTS) is 1. The molecule has 1 aliphatic carbocycles. The maximum Gasteiger partial charge on any atom is 0.323 e. The van der Waals surface area contributed by atoms with E-state index in [0.717, 1.165) is 12.8 Å². The van der Waals surface area contributed by atoms with Crippen LogP contribution in [0.4, 0.5) is 4.79 Å². The van der Waals surface area contributed by atoms with Crippen molar-refractivity contribution in [3.05, 3.63) is 0 Å². The largest absolute Gasteiger partial charge is 0.480 e. The van der Waals surface area contributed by atoms with Gasteiger partial charge in [0.1, 0.15) is 6.54 Å². The molecule has 0 bridgehead atoms. The summed E-state index contributed by atoms with van der Waals surface area (Å²) in [5.41, 5.74) is 0. The first kappa shape index (κ1) is 14.8. The molecule has 0 aromatic heterocycles. The van der Waals surface area contributed by atoms with Gasteiger partial charge in [0.25, 0.3) is 0 Å². The van der Waals surface area contributed by atoms with Crippen molar-refractivity contribution < 1.29 is 19.4 Å². The van der Waals surface area contributed by atoms with Gasteiger partial charge in [-0.1, -0.05) is 0 Å². The Hall–Kier alpha value is -1.30. The minimum absolute atomic E-state index is 0.0991. The third kappa shape index (κ3) is 4.91. The highest BCUT2D eigenvalue weighted by Gasteiger charge is 2.35. The lowest BCUT2D eigenvalue weighted by Gasteiger charge is -2.27. The molecule has 1 N–H and O–H groups in total. The van der Waals surface area contributed by atoms with E-state index in [-0.39, 0.29) is 24.7 Å². The van der Waals surface area contributed by atoms with Crippen LogP contribution in [0, 0.1) is 0 Å². The molecular formula is C12H22N2O4. The predicted octanol–water partition coefficient (Wildman–Crippen LogP) is 1.01. The van der Waals surface area contributed by atoms with E-state index in [4.69, 9.17) is 9.84 Å². The Labute approximate surface area is 107 Å². The van der Waals surface area contributed by atoms with E-state index in [1.807, 2.05) is 13.8 Å². The van der Waals surface area contributed by atoms with Crippen LogP contribution >= 0.6 is 0 Å². The molecule has 0 aliphatic heterocycles. The molecule has 0 atom stereocenters. The molecular weight excluding hydrogens is 236 g/mol. The summed E-state index contributed by atoms with van der Waals surface area (Å²) in [5, 5.41) is 8.80. The van der Waals surface area contributed by atoms with Gasteiger partial charge in [0, 0.05) is 19.6 Å². The van der Waals surface area contributed by atoms with Gasteiger partial charge in [-0.3, -0.25) is 4.79 Å². The van der Waals surface area contributed by atoms with Crippen LogP contribution in [0.15, 0.2) is 0 Å².